The van der Waals surface area contributed by atoms with Crippen molar-refractivity contribution in [1.29, 1.82) is 0 Å². The van der Waals surface area contributed by atoms with Crippen LogP contribution in [0.4, 0.5) is 0 Å². The van der Waals surface area contributed by atoms with Crippen LogP contribution >= 0.6 is 0 Å². The molecule has 0 atom stereocenters. The first-order chi connectivity index (χ1) is 9.41. The third-order valence-corrected chi connectivity index (χ3v) is 2.71. The Balaban J connectivity index is 2.86. The molecular weight excluding hydrogens is 258 g/mol. The standard InChI is InChI=1S/C15H21NO4/c1-15(2,10-17)16-14(18)8-5-11-9-12(19-3)6-7-13(11)20-4/h5-9,17H,10H2,1-4H3,(H,16,18)/b8-5+. The quantitative estimate of drug-likeness (QED) is 0.776. The average molecular weight is 279 g/mol. The second kappa shape index (κ2) is 6.96. The number of carbonyl (C=O) groups excluding carboxylic acids is 1. The summed E-state index contributed by atoms with van der Waals surface area (Å²) in [6.07, 6.45) is 3.04. The van der Waals surface area contributed by atoms with Gasteiger partial charge in [0, 0.05) is 11.6 Å². The molecule has 5 nitrogen and oxygen atoms in total. The Hall–Kier alpha value is -2.01. The van der Waals surface area contributed by atoms with Crippen LogP contribution in [0.5, 0.6) is 11.5 Å². The highest BCUT2D eigenvalue weighted by Gasteiger charge is 2.17. The van der Waals surface area contributed by atoms with Gasteiger partial charge in [-0.3, -0.25) is 4.79 Å². The van der Waals surface area contributed by atoms with E-state index in [1.807, 2.05) is 0 Å². The highest BCUT2D eigenvalue weighted by atomic mass is 16.5. The van der Waals surface area contributed by atoms with Gasteiger partial charge in [0.2, 0.25) is 5.91 Å². The van der Waals surface area contributed by atoms with Crippen molar-refractivity contribution in [2.75, 3.05) is 20.8 Å². The van der Waals surface area contributed by atoms with E-state index < -0.39 is 5.54 Å². The first-order valence-electron chi connectivity index (χ1n) is 6.25. The van der Waals surface area contributed by atoms with Crippen LogP contribution in [0.15, 0.2) is 24.3 Å². The fourth-order valence-corrected chi connectivity index (χ4v) is 1.55. The summed E-state index contributed by atoms with van der Waals surface area (Å²) >= 11 is 0. The summed E-state index contributed by atoms with van der Waals surface area (Å²) in [7, 11) is 3.14. The summed E-state index contributed by atoms with van der Waals surface area (Å²) in [6, 6.07) is 5.33. The largest absolute Gasteiger partial charge is 0.497 e. The Labute approximate surface area is 119 Å². The van der Waals surface area contributed by atoms with Crippen molar-refractivity contribution >= 4 is 12.0 Å². The van der Waals surface area contributed by atoms with Crippen LogP contribution in [-0.2, 0) is 4.79 Å². The molecule has 1 aromatic rings. The van der Waals surface area contributed by atoms with Crippen LogP contribution in [0.25, 0.3) is 6.08 Å². The van der Waals surface area contributed by atoms with E-state index >= 15 is 0 Å². The molecule has 0 unspecified atom stereocenters. The molecule has 1 aromatic carbocycles. The van der Waals surface area contributed by atoms with Gasteiger partial charge in [0.25, 0.3) is 0 Å². The number of hydrogen-bond acceptors (Lipinski definition) is 4. The molecule has 2 N–H and O–H groups in total. The van der Waals surface area contributed by atoms with E-state index in [9.17, 15) is 4.79 Å². The second-order valence-corrected chi connectivity index (χ2v) is 4.97. The predicted octanol–water partition coefficient (Wildman–Crippen LogP) is 1.60. The fraction of sp³-hybridized carbons (Fsp3) is 0.400. The summed E-state index contributed by atoms with van der Waals surface area (Å²) in [4.78, 5) is 11.8. The third-order valence-electron chi connectivity index (χ3n) is 2.71. The van der Waals surface area contributed by atoms with Crippen LogP contribution in [0.2, 0.25) is 0 Å². The number of hydrogen-bond donors (Lipinski definition) is 2. The first kappa shape index (κ1) is 16.0. The summed E-state index contributed by atoms with van der Waals surface area (Å²) in [6.45, 7) is 3.35. The van der Waals surface area contributed by atoms with Crippen molar-refractivity contribution in [3.05, 3.63) is 29.8 Å². The Bertz CT molecular complexity index is 495. The molecule has 0 fully saturated rings. The topological polar surface area (TPSA) is 67.8 Å². The second-order valence-electron chi connectivity index (χ2n) is 4.97. The van der Waals surface area contributed by atoms with E-state index in [1.165, 1.54) is 6.08 Å². The molecule has 0 aliphatic heterocycles. The molecule has 0 aliphatic carbocycles. The van der Waals surface area contributed by atoms with Gasteiger partial charge in [-0.2, -0.15) is 0 Å². The molecule has 5 heteroatoms. The predicted molar refractivity (Wildman–Crippen MR) is 77.9 cm³/mol. The van der Waals surface area contributed by atoms with Gasteiger partial charge in [0.1, 0.15) is 11.5 Å². The summed E-state index contributed by atoms with van der Waals surface area (Å²) < 4.78 is 10.4. The lowest BCUT2D eigenvalue weighted by Gasteiger charge is -2.22. The van der Waals surface area contributed by atoms with E-state index in [1.54, 1.807) is 52.3 Å². The molecule has 1 amide bonds. The van der Waals surface area contributed by atoms with Crippen molar-refractivity contribution in [2.45, 2.75) is 19.4 Å². The van der Waals surface area contributed by atoms with E-state index in [0.717, 1.165) is 5.56 Å². The molecule has 1 rings (SSSR count). The minimum atomic E-state index is -0.653. The average Bonchev–Trinajstić information content (AvgIpc) is 2.44. The fourth-order valence-electron chi connectivity index (χ4n) is 1.55. The van der Waals surface area contributed by atoms with Crippen LogP contribution in [-0.4, -0.2) is 37.4 Å². The van der Waals surface area contributed by atoms with Crippen LogP contribution in [0, 0.1) is 0 Å². The molecule has 0 aromatic heterocycles. The smallest absolute Gasteiger partial charge is 0.244 e. The molecule has 0 saturated heterocycles. The van der Waals surface area contributed by atoms with Crippen molar-refractivity contribution < 1.29 is 19.4 Å². The maximum absolute atomic E-state index is 11.8. The minimum absolute atomic E-state index is 0.130. The van der Waals surface area contributed by atoms with Gasteiger partial charge in [-0.15, -0.1) is 0 Å². The van der Waals surface area contributed by atoms with Crippen molar-refractivity contribution in [3.8, 4) is 11.5 Å². The van der Waals surface area contributed by atoms with Crippen LogP contribution in [0.3, 0.4) is 0 Å². The number of aliphatic hydroxyl groups excluding tert-OH is 1. The highest BCUT2D eigenvalue weighted by molar-refractivity contribution is 5.92. The van der Waals surface area contributed by atoms with Gasteiger partial charge in [-0.25, -0.2) is 0 Å². The summed E-state index contributed by atoms with van der Waals surface area (Å²) in [5.74, 6) is 1.05. The Morgan fingerprint density at radius 1 is 1.35 bits per heavy atom. The Morgan fingerprint density at radius 2 is 2.05 bits per heavy atom. The molecule has 0 aliphatic rings. The maximum Gasteiger partial charge on any atom is 0.244 e. The maximum atomic E-state index is 11.8. The number of ether oxygens (including phenoxy) is 2. The van der Waals surface area contributed by atoms with E-state index in [-0.39, 0.29) is 12.5 Å². The minimum Gasteiger partial charge on any atom is -0.497 e. The number of methoxy groups -OCH3 is 2. The zero-order chi connectivity index (χ0) is 15.2. The van der Waals surface area contributed by atoms with Crippen LogP contribution < -0.4 is 14.8 Å². The van der Waals surface area contributed by atoms with Crippen molar-refractivity contribution in [1.82, 2.24) is 5.32 Å². The van der Waals surface area contributed by atoms with Crippen molar-refractivity contribution in [2.24, 2.45) is 0 Å². The number of benzene rings is 1. The number of aliphatic hydroxyl groups is 1. The molecule has 110 valence electrons. The lowest BCUT2D eigenvalue weighted by Crippen LogP contribution is -2.45. The van der Waals surface area contributed by atoms with Gasteiger partial charge in [0.15, 0.2) is 0 Å². The number of nitrogens with one attached hydrogen (secondary N) is 1. The van der Waals surface area contributed by atoms with Crippen LogP contribution in [0.1, 0.15) is 19.4 Å². The number of amides is 1. The summed E-state index contributed by atoms with van der Waals surface area (Å²) in [5, 5.41) is 11.8. The molecule has 0 bridgehead atoms. The zero-order valence-electron chi connectivity index (χ0n) is 12.3. The molecule has 0 saturated carbocycles. The number of carbonyl (C=O) groups is 1. The SMILES string of the molecule is COc1ccc(OC)c(/C=C/C(=O)NC(C)(C)CO)c1. The van der Waals surface area contributed by atoms with Crippen molar-refractivity contribution in [3.63, 3.8) is 0 Å². The third kappa shape index (κ3) is 4.59. The lowest BCUT2D eigenvalue weighted by molar-refractivity contribution is -0.118. The first-order valence-corrected chi connectivity index (χ1v) is 6.25. The molecule has 0 heterocycles. The normalized spacial score (nSPS) is 11.4. The van der Waals surface area contributed by atoms with E-state index in [2.05, 4.69) is 5.32 Å². The zero-order valence-corrected chi connectivity index (χ0v) is 12.3. The van der Waals surface area contributed by atoms with E-state index in [4.69, 9.17) is 14.6 Å². The Morgan fingerprint density at radius 3 is 2.60 bits per heavy atom. The van der Waals surface area contributed by atoms with E-state index in [0.29, 0.717) is 11.5 Å². The highest BCUT2D eigenvalue weighted by Crippen LogP contribution is 2.25. The Kier molecular flexibility index (Phi) is 5.58. The van der Waals surface area contributed by atoms with Gasteiger partial charge in [0.05, 0.1) is 26.4 Å². The molecule has 20 heavy (non-hydrogen) atoms. The molecule has 0 spiro atoms. The number of rotatable bonds is 6. The molecular formula is C15H21NO4. The van der Waals surface area contributed by atoms with Gasteiger partial charge >= 0.3 is 0 Å². The van der Waals surface area contributed by atoms with Gasteiger partial charge < -0.3 is 19.9 Å². The van der Waals surface area contributed by atoms with Gasteiger partial charge in [-0.1, -0.05) is 0 Å². The summed E-state index contributed by atoms with van der Waals surface area (Å²) in [5.41, 5.74) is 0.0867. The van der Waals surface area contributed by atoms with Gasteiger partial charge in [-0.05, 0) is 38.1 Å². The monoisotopic (exact) mass is 279 g/mol. The molecule has 0 radical (unpaired) electrons. The lowest BCUT2D eigenvalue weighted by atomic mass is 10.1.